The average Bonchev–Trinajstić information content (AvgIpc) is 3.73. The van der Waals surface area contributed by atoms with Gasteiger partial charge < -0.3 is 33.7 Å². The fourth-order valence-electron chi connectivity index (χ4n) is 8.12. The summed E-state index contributed by atoms with van der Waals surface area (Å²) in [5.41, 5.74) is 5.51. The third kappa shape index (κ3) is 10.2. The lowest BCUT2D eigenvalue weighted by atomic mass is 9.79. The third-order valence-corrected chi connectivity index (χ3v) is 13.4. The van der Waals surface area contributed by atoms with Crippen molar-refractivity contribution < 1.29 is 33.6 Å². The number of methoxy groups -OCH3 is 1. The zero-order valence-corrected chi connectivity index (χ0v) is 38.6. The van der Waals surface area contributed by atoms with Crippen molar-refractivity contribution >= 4 is 39.2 Å². The van der Waals surface area contributed by atoms with Crippen molar-refractivity contribution in [2.75, 3.05) is 53.5 Å². The van der Waals surface area contributed by atoms with E-state index in [0.29, 0.717) is 63.2 Å². The number of aromatic nitrogens is 5. The van der Waals surface area contributed by atoms with Crippen LogP contribution in [-0.2, 0) is 17.8 Å². The summed E-state index contributed by atoms with van der Waals surface area (Å²) in [6.07, 6.45) is 6.99. The first-order valence-electron chi connectivity index (χ1n) is 22.0. The zero-order chi connectivity index (χ0) is 45.6. The molecule has 5 heterocycles. The van der Waals surface area contributed by atoms with E-state index < -0.39 is 12.1 Å². The molecule has 7 aromatic rings. The fraction of sp³-hybridized carbons (Fsp3) is 0.320. The smallest absolute Gasteiger partial charge is 0.345 e. The van der Waals surface area contributed by atoms with E-state index in [1.54, 1.807) is 43.8 Å². The van der Waals surface area contributed by atoms with Gasteiger partial charge in [0.2, 0.25) is 17.9 Å². The van der Waals surface area contributed by atoms with E-state index in [1.165, 1.54) is 11.5 Å². The first kappa shape index (κ1) is 44.8. The van der Waals surface area contributed by atoms with Crippen molar-refractivity contribution in [2.45, 2.75) is 51.2 Å². The molecule has 340 valence electrons. The summed E-state index contributed by atoms with van der Waals surface area (Å²) in [5.74, 6) is 2.65. The highest BCUT2D eigenvalue weighted by molar-refractivity contribution is 7.13. The maximum absolute atomic E-state index is 13.0. The Morgan fingerprint density at radius 2 is 1.76 bits per heavy atom. The van der Waals surface area contributed by atoms with Gasteiger partial charge >= 0.3 is 5.97 Å². The Labute approximate surface area is 392 Å². The number of halogens is 1. The number of ether oxygens (including phenoxy) is 5. The lowest BCUT2D eigenvalue weighted by Gasteiger charge is -2.32. The highest BCUT2D eigenvalue weighted by atomic mass is 35.5. The van der Waals surface area contributed by atoms with Gasteiger partial charge in [-0.1, -0.05) is 48.4 Å². The summed E-state index contributed by atoms with van der Waals surface area (Å²) < 4.78 is 35.7. The Balaban J connectivity index is 0.915. The molecule has 9 rings (SSSR count). The molecule has 1 unspecified atom stereocenters. The molecular weight excluding hydrogens is 878 g/mol. The summed E-state index contributed by atoms with van der Waals surface area (Å²) in [4.78, 5) is 36.4. The van der Waals surface area contributed by atoms with E-state index in [9.17, 15) is 9.90 Å². The van der Waals surface area contributed by atoms with Gasteiger partial charge in [0.1, 0.15) is 36.2 Å². The normalized spacial score (nSPS) is 15.0. The van der Waals surface area contributed by atoms with E-state index in [-0.39, 0.29) is 24.8 Å². The van der Waals surface area contributed by atoms with Crippen molar-refractivity contribution in [3.63, 3.8) is 0 Å². The molecule has 16 heteroatoms. The zero-order valence-electron chi connectivity index (χ0n) is 37.0. The van der Waals surface area contributed by atoms with Crippen LogP contribution in [0.25, 0.3) is 32.6 Å². The van der Waals surface area contributed by atoms with Crippen LogP contribution in [0.1, 0.15) is 47.7 Å². The van der Waals surface area contributed by atoms with E-state index in [2.05, 4.69) is 26.8 Å². The van der Waals surface area contributed by atoms with Gasteiger partial charge in [0.25, 0.3) is 0 Å². The van der Waals surface area contributed by atoms with Gasteiger partial charge in [-0.05, 0) is 91.4 Å². The lowest BCUT2D eigenvalue weighted by Crippen LogP contribution is -2.45. The van der Waals surface area contributed by atoms with E-state index in [0.717, 1.165) is 84.5 Å². The summed E-state index contributed by atoms with van der Waals surface area (Å²) in [6, 6.07) is 23.9. The molecule has 0 bridgehead atoms. The Morgan fingerprint density at radius 1 is 0.924 bits per heavy atom. The molecule has 14 nitrogen and oxygen atoms in total. The van der Waals surface area contributed by atoms with Gasteiger partial charge in [-0.2, -0.15) is 4.37 Å². The SMILES string of the molecule is COc1cccc(Oc2ccc(-c3nccc(COc4ccccc4CC(Oc4nsc5cnc(C6CCC6)c(-c6ccc(OCCN7CCN(C)CC7)c(Cl)c6C)c45)C(=O)O)n3)cn2)c1. The monoisotopic (exact) mass is 927 g/mol. The quantitative estimate of drug-likeness (QED) is 0.0869. The molecule has 2 fully saturated rings. The van der Waals surface area contributed by atoms with Crippen LogP contribution in [0.3, 0.4) is 0 Å². The van der Waals surface area contributed by atoms with E-state index >= 15 is 0 Å². The molecule has 0 radical (unpaired) electrons. The second kappa shape index (κ2) is 20.4. The molecule has 4 aromatic heterocycles. The Morgan fingerprint density at radius 3 is 2.53 bits per heavy atom. The van der Waals surface area contributed by atoms with Gasteiger partial charge in [0.05, 0.1) is 33.6 Å². The number of carboxylic acids is 1. The topological polar surface area (TPSA) is 154 Å². The molecule has 1 saturated carbocycles. The average molecular weight is 929 g/mol. The number of nitrogens with zero attached hydrogens (tertiary/aromatic N) is 7. The number of fused-ring (bicyclic) bond motifs is 1. The number of hydrogen-bond donors (Lipinski definition) is 1. The standard InChI is InChI=1S/C50H50ClN7O7S/c1-31-38(15-16-40(46(31)51)62-25-24-58-22-20-57(2)21-23-58)44-45-42(29-54-47(44)32-9-6-10-32)66-56-49(45)65-41(50(59)60)26-33-8-4-5-13-39(33)63-30-35-18-19-52-48(55-35)34-14-17-43(53-28-34)64-37-12-7-11-36(27-37)61-3/h4-5,7-8,11-19,27-29,32,41H,6,9-10,20-26,30H2,1-3H3,(H,59,60). The molecule has 1 aliphatic carbocycles. The summed E-state index contributed by atoms with van der Waals surface area (Å²) >= 11 is 8.31. The van der Waals surface area contributed by atoms with Crippen LogP contribution >= 0.6 is 23.1 Å². The largest absolute Gasteiger partial charge is 0.497 e. The van der Waals surface area contributed by atoms with Crippen LogP contribution < -0.4 is 23.7 Å². The van der Waals surface area contributed by atoms with Gasteiger partial charge in [-0.25, -0.2) is 19.7 Å². The van der Waals surface area contributed by atoms with E-state index in [4.69, 9.17) is 49.6 Å². The first-order chi connectivity index (χ1) is 32.2. The first-order valence-corrected chi connectivity index (χ1v) is 23.2. The Kier molecular flexibility index (Phi) is 13.9. The molecule has 2 aliphatic rings. The summed E-state index contributed by atoms with van der Waals surface area (Å²) in [5, 5.41) is 11.9. The van der Waals surface area contributed by atoms with Crippen LogP contribution in [0.2, 0.25) is 5.02 Å². The maximum atomic E-state index is 13.0. The maximum Gasteiger partial charge on any atom is 0.345 e. The number of pyridine rings is 2. The number of rotatable bonds is 18. The van der Waals surface area contributed by atoms with Crippen LogP contribution in [-0.4, -0.2) is 105 Å². The van der Waals surface area contributed by atoms with E-state index in [1.807, 2.05) is 67.7 Å². The van der Waals surface area contributed by atoms with Crippen LogP contribution in [0, 0.1) is 6.92 Å². The van der Waals surface area contributed by atoms with Crippen LogP contribution in [0.5, 0.6) is 34.8 Å². The molecule has 0 spiro atoms. The molecule has 66 heavy (non-hydrogen) atoms. The highest BCUT2D eigenvalue weighted by Crippen LogP contribution is 2.48. The second-order valence-electron chi connectivity index (χ2n) is 16.5. The number of carbonyl (C=O) groups is 1. The van der Waals surface area contributed by atoms with Crippen molar-refractivity contribution in [1.82, 2.24) is 34.1 Å². The number of aliphatic carboxylic acids is 1. The van der Waals surface area contributed by atoms with Crippen LogP contribution in [0.4, 0.5) is 0 Å². The number of hydrogen-bond acceptors (Lipinski definition) is 14. The number of likely N-dealkylation sites (N-methyl/N-ethyl adjacent to an activating group) is 1. The van der Waals surface area contributed by atoms with Crippen molar-refractivity contribution in [3.05, 3.63) is 125 Å². The number of para-hydroxylation sites is 1. The van der Waals surface area contributed by atoms with Crippen molar-refractivity contribution in [3.8, 4) is 57.3 Å². The van der Waals surface area contributed by atoms with Crippen molar-refractivity contribution in [2.24, 2.45) is 0 Å². The predicted molar refractivity (Wildman–Crippen MR) is 253 cm³/mol. The third-order valence-electron chi connectivity index (χ3n) is 12.1. The molecule has 3 aromatic carbocycles. The highest BCUT2D eigenvalue weighted by Gasteiger charge is 2.31. The Hall–Kier alpha value is -6.39. The molecule has 0 amide bonds. The van der Waals surface area contributed by atoms with Crippen LogP contribution in [0.15, 0.2) is 97.5 Å². The minimum atomic E-state index is -1.29. The predicted octanol–water partition coefficient (Wildman–Crippen LogP) is 9.52. The molecule has 1 N–H and O–H groups in total. The molecular formula is C50H50ClN7O7S. The fourth-order valence-corrected chi connectivity index (χ4v) is 9.04. The molecule has 1 aliphatic heterocycles. The van der Waals surface area contributed by atoms with Gasteiger partial charge in [0, 0.05) is 86.9 Å². The minimum Gasteiger partial charge on any atom is -0.497 e. The lowest BCUT2D eigenvalue weighted by molar-refractivity contribution is -0.145. The number of benzene rings is 3. The number of carboxylic acid groups (broad SMARTS) is 1. The van der Waals surface area contributed by atoms with Gasteiger partial charge in [0.15, 0.2) is 5.82 Å². The van der Waals surface area contributed by atoms with Crippen molar-refractivity contribution in [1.29, 1.82) is 0 Å². The molecule has 1 atom stereocenters. The van der Waals surface area contributed by atoms with Gasteiger partial charge in [-0.15, -0.1) is 0 Å². The summed E-state index contributed by atoms with van der Waals surface area (Å²) in [7, 11) is 3.75. The second-order valence-corrected chi connectivity index (χ2v) is 17.7. The van der Waals surface area contributed by atoms with Gasteiger partial charge in [-0.3, -0.25) is 9.88 Å². The minimum absolute atomic E-state index is 0.0102. The number of piperazine rings is 1. The Bertz CT molecular complexity index is 2820. The molecule has 1 saturated heterocycles. The summed E-state index contributed by atoms with van der Waals surface area (Å²) in [6.45, 7) is 7.56.